The summed E-state index contributed by atoms with van der Waals surface area (Å²) in [5.41, 5.74) is 14.1. The molecule has 2 amide bonds. The molecular weight excluding hydrogens is 266 g/mol. The van der Waals surface area contributed by atoms with Gasteiger partial charge in [-0.2, -0.15) is 0 Å². The van der Waals surface area contributed by atoms with Crippen molar-refractivity contribution in [1.82, 2.24) is 0 Å². The topological polar surface area (TPSA) is 98.2 Å². The van der Waals surface area contributed by atoms with E-state index >= 15 is 0 Å². The van der Waals surface area contributed by atoms with Gasteiger partial charge in [0, 0.05) is 16.9 Å². The normalized spacial score (nSPS) is 10.1. The smallest absolute Gasteiger partial charge is 0.256 e. The number of anilines is 2. The summed E-state index contributed by atoms with van der Waals surface area (Å²) in [6.45, 7) is 1.79. The summed E-state index contributed by atoms with van der Waals surface area (Å²) in [7, 11) is 0. The Morgan fingerprint density at radius 1 is 1.10 bits per heavy atom. The number of carbonyl (C=O) groups is 2. The Morgan fingerprint density at radius 3 is 2.52 bits per heavy atom. The van der Waals surface area contributed by atoms with Crippen LogP contribution in [0.5, 0.6) is 0 Å². The molecule has 21 heavy (non-hydrogen) atoms. The van der Waals surface area contributed by atoms with Gasteiger partial charge in [0.15, 0.2) is 0 Å². The van der Waals surface area contributed by atoms with Crippen molar-refractivity contribution < 1.29 is 9.59 Å². The Kier molecular flexibility index (Phi) is 4.23. The number of nitrogens with one attached hydrogen (secondary N) is 1. The number of nitrogens with two attached hydrogens (primary N) is 2. The number of hydrogen-bond donors (Lipinski definition) is 3. The lowest BCUT2D eigenvalue weighted by atomic mass is 10.1. The van der Waals surface area contributed by atoms with Gasteiger partial charge in [-0.3, -0.25) is 9.59 Å². The quantitative estimate of drug-likeness (QED) is 0.747. The molecule has 0 saturated carbocycles. The van der Waals surface area contributed by atoms with Crippen LogP contribution in [-0.4, -0.2) is 11.8 Å². The van der Waals surface area contributed by atoms with E-state index in [9.17, 15) is 9.59 Å². The molecule has 0 aliphatic carbocycles. The highest BCUT2D eigenvalue weighted by Crippen LogP contribution is 2.20. The summed E-state index contributed by atoms with van der Waals surface area (Å²) in [4.78, 5) is 23.4. The van der Waals surface area contributed by atoms with E-state index in [4.69, 9.17) is 11.5 Å². The van der Waals surface area contributed by atoms with Crippen molar-refractivity contribution in [2.75, 3.05) is 11.1 Å². The third kappa shape index (κ3) is 3.39. The molecule has 0 radical (unpaired) electrons. The predicted octanol–water partition coefficient (Wildman–Crippen LogP) is 1.86. The highest BCUT2D eigenvalue weighted by atomic mass is 16.2. The second kappa shape index (κ2) is 6.09. The Balaban J connectivity index is 2.28. The minimum absolute atomic E-state index is 0.0758. The number of hydrogen-bond acceptors (Lipinski definition) is 3. The highest BCUT2D eigenvalue weighted by molar-refractivity contribution is 6.06. The molecule has 5 nitrogen and oxygen atoms in total. The van der Waals surface area contributed by atoms with Crippen molar-refractivity contribution in [3.05, 3.63) is 59.2 Å². The van der Waals surface area contributed by atoms with E-state index in [1.807, 2.05) is 0 Å². The molecule has 0 atom stereocenters. The molecule has 5 heteroatoms. The van der Waals surface area contributed by atoms with Crippen molar-refractivity contribution in [1.29, 1.82) is 0 Å². The van der Waals surface area contributed by atoms with Crippen molar-refractivity contribution >= 4 is 23.2 Å². The van der Waals surface area contributed by atoms with Crippen LogP contribution in [0, 0.1) is 6.92 Å². The third-order valence-corrected chi connectivity index (χ3v) is 3.25. The van der Waals surface area contributed by atoms with E-state index in [0.717, 1.165) is 5.56 Å². The number of primary amides is 1. The SMILES string of the molecule is Cc1c(N)cccc1C(=O)Nc1ccccc1CC(N)=O. The van der Waals surface area contributed by atoms with Gasteiger partial charge in [-0.15, -0.1) is 0 Å². The molecule has 0 heterocycles. The Bertz CT molecular complexity index is 696. The van der Waals surface area contributed by atoms with E-state index in [-0.39, 0.29) is 12.3 Å². The fraction of sp³-hybridized carbons (Fsp3) is 0.125. The number of amides is 2. The van der Waals surface area contributed by atoms with Crippen LogP contribution < -0.4 is 16.8 Å². The summed E-state index contributed by atoms with van der Waals surface area (Å²) < 4.78 is 0. The van der Waals surface area contributed by atoms with E-state index in [1.54, 1.807) is 49.4 Å². The minimum Gasteiger partial charge on any atom is -0.398 e. The van der Waals surface area contributed by atoms with E-state index < -0.39 is 5.91 Å². The van der Waals surface area contributed by atoms with Crippen LogP contribution in [0.4, 0.5) is 11.4 Å². The van der Waals surface area contributed by atoms with Crippen molar-refractivity contribution in [2.24, 2.45) is 5.73 Å². The van der Waals surface area contributed by atoms with Crippen molar-refractivity contribution in [3.8, 4) is 0 Å². The minimum atomic E-state index is -0.447. The van der Waals surface area contributed by atoms with Gasteiger partial charge in [0.2, 0.25) is 5.91 Å². The fourth-order valence-corrected chi connectivity index (χ4v) is 2.07. The number of para-hydroxylation sites is 1. The lowest BCUT2D eigenvalue weighted by Gasteiger charge is -2.12. The first kappa shape index (κ1) is 14.6. The second-order valence-electron chi connectivity index (χ2n) is 4.77. The first-order valence-electron chi connectivity index (χ1n) is 6.51. The molecule has 0 spiro atoms. The predicted molar refractivity (Wildman–Crippen MR) is 82.9 cm³/mol. The largest absolute Gasteiger partial charge is 0.398 e. The third-order valence-electron chi connectivity index (χ3n) is 3.25. The molecule has 0 unspecified atom stereocenters. The monoisotopic (exact) mass is 283 g/mol. The standard InChI is InChI=1S/C16H17N3O2/c1-10-12(6-4-7-13(10)17)16(21)19-14-8-3-2-5-11(14)9-15(18)20/h2-8H,9,17H2,1H3,(H2,18,20)(H,19,21). The first-order valence-corrected chi connectivity index (χ1v) is 6.51. The molecule has 0 saturated heterocycles. The van der Waals surface area contributed by atoms with E-state index in [0.29, 0.717) is 22.5 Å². The van der Waals surface area contributed by atoms with Gasteiger partial charge >= 0.3 is 0 Å². The first-order chi connectivity index (χ1) is 9.99. The Morgan fingerprint density at radius 2 is 1.81 bits per heavy atom. The van der Waals surface area contributed by atoms with Gasteiger partial charge in [0.25, 0.3) is 5.91 Å². The van der Waals surface area contributed by atoms with Crippen LogP contribution >= 0.6 is 0 Å². The molecule has 2 aromatic carbocycles. The van der Waals surface area contributed by atoms with Crippen LogP contribution in [0.25, 0.3) is 0 Å². The number of nitrogen functional groups attached to an aromatic ring is 1. The van der Waals surface area contributed by atoms with Crippen LogP contribution in [0.2, 0.25) is 0 Å². The average molecular weight is 283 g/mol. The fourth-order valence-electron chi connectivity index (χ4n) is 2.07. The zero-order valence-corrected chi connectivity index (χ0v) is 11.7. The molecule has 0 aliphatic heterocycles. The molecule has 0 aliphatic rings. The van der Waals surface area contributed by atoms with Crippen LogP contribution in [0.15, 0.2) is 42.5 Å². The van der Waals surface area contributed by atoms with Crippen molar-refractivity contribution in [3.63, 3.8) is 0 Å². The van der Waals surface area contributed by atoms with Crippen LogP contribution in [0.1, 0.15) is 21.5 Å². The van der Waals surface area contributed by atoms with E-state index in [1.165, 1.54) is 0 Å². The Labute approximate surface area is 123 Å². The summed E-state index contributed by atoms with van der Waals surface area (Å²) in [6.07, 6.45) is 0.0758. The zero-order chi connectivity index (χ0) is 15.4. The van der Waals surface area contributed by atoms with Gasteiger partial charge in [0.1, 0.15) is 0 Å². The van der Waals surface area contributed by atoms with E-state index in [2.05, 4.69) is 5.32 Å². The van der Waals surface area contributed by atoms with Gasteiger partial charge in [-0.05, 0) is 36.2 Å². The van der Waals surface area contributed by atoms with Gasteiger partial charge in [-0.1, -0.05) is 24.3 Å². The molecule has 2 rings (SSSR count). The number of benzene rings is 2. The van der Waals surface area contributed by atoms with Crippen LogP contribution in [-0.2, 0) is 11.2 Å². The summed E-state index contributed by atoms with van der Waals surface area (Å²) in [6, 6.07) is 12.2. The maximum Gasteiger partial charge on any atom is 0.256 e. The lowest BCUT2D eigenvalue weighted by molar-refractivity contribution is -0.117. The zero-order valence-electron chi connectivity index (χ0n) is 11.7. The molecule has 5 N–H and O–H groups in total. The maximum atomic E-state index is 12.3. The molecule has 108 valence electrons. The second-order valence-corrected chi connectivity index (χ2v) is 4.77. The molecule has 0 bridgehead atoms. The van der Waals surface area contributed by atoms with Gasteiger partial charge in [-0.25, -0.2) is 0 Å². The van der Waals surface area contributed by atoms with Crippen molar-refractivity contribution in [2.45, 2.75) is 13.3 Å². The molecule has 0 fully saturated rings. The average Bonchev–Trinajstić information content (AvgIpc) is 2.43. The maximum absolute atomic E-state index is 12.3. The molecule has 0 aromatic heterocycles. The van der Waals surface area contributed by atoms with Crippen LogP contribution in [0.3, 0.4) is 0 Å². The highest BCUT2D eigenvalue weighted by Gasteiger charge is 2.13. The summed E-state index contributed by atoms with van der Waals surface area (Å²) in [5.74, 6) is -0.714. The summed E-state index contributed by atoms with van der Waals surface area (Å²) >= 11 is 0. The number of rotatable bonds is 4. The summed E-state index contributed by atoms with van der Waals surface area (Å²) in [5, 5.41) is 2.80. The van der Waals surface area contributed by atoms with Gasteiger partial charge in [0.05, 0.1) is 6.42 Å². The molecular formula is C16H17N3O2. The van der Waals surface area contributed by atoms with Gasteiger partial charge < -0.3 is 16.8 Å². The Hall–Kier alpha value is -2.82. The number of carbonyl (C=O) groups excluding carboxylic acids is 2. The molecule has 2 aromatic rings. The lowest BCUT2D eigenvalue weighted by Crippen LogP contribution is -2.18.